The van der Waals surface area contributed by atoms with Crippen LogP contribution in [0.3, 0.4) is 0 Å². The van der Waals surface area contributed by atoms with Crippen LogP contribution in [0.15, 0.2) is 28.7 Å². The quantitative estimate of drug-likeness (QED) is 0.730. The van der Waals surface area contributed by atoms with Gasteiger partial charge in [0.1, 0.15) is 16.9 Å². The van der Waals surface area contributed by atoms with Crippen molar-refractivity contribution in [1.82, 2.24) is 5.32 Å². The van der Waals surface area contributed by atoms with Gasteiger partial charge in [0.2, 0.25) is 0 Å². The van der Waals surface area contributed by atoms with E-state index in [9.17, 15) is 15.0 Å². The minimum atomic E-state index is -1.00. The maximum atomic E-state index is 11.5. The van der Waals surface area contributed by atoms with Gasteiger partial charge >= 0.3 is 5.97 Å². The van der Waals surface area contributed by atoms with Crippen molar-refractivity contribution in [2.45, 2.75) is 38.8 Å². The Bertz CT molecular complexity index is 620. The highest BCUT2D eigenvalue weighted by Crippen LogP contribution is 2.26. The number of aromatic carboxylic acids is 1. The number of nitrogens with one attached hydrogen (secondary N) is 1. The Kier molecular flexibility index (Phi) is 4.65. The molecule has 5 heteroatoms. The van der Waals surface area contributed by atoms with Crippen molar-refractivity contribution in [2.75, 3.05) is 6.61 Å². The molecule has 3 N–H and O–H groups in total. The van der Waals surface area contributed by atoms with Crippen LogP contribution >= 0.6 is 0 Å². The zero-order valence-corrected chi connectivity index (χ0v) is 12.3. The zero-order chi connectivity index (χ0) is 15.5. The van der Waals surface area contributed by atoms with E-state index in [1.807, 2.05) is 19.9 Å². The van der Waals surface area contributed by atoms with E-state index in [0.717, 1.165) is 12.8 Å². The molecule has 1 aromatic heterocycles. The zero-order valence-electron chi connectivity index (χ0n) is 12.3. The van der Waals surface area contributed by atoms with Crippen molar-refractivity contribution in [3.8, 4) is 0 Å². The molecule has 0 bridgehead atoms. The lowest BCUT2D eigenvalue weighted by Crippen LogP contribution is -2.47. The van der Waals surface area contributed by atoms with Gasteiger partial charge in [0.05, 0.1) is 13.2 Å². The first-order valence-corrected chi connectivity index (χ1v) is 7.16. The van der Waals surface area contributed by atoms with Gasteiger partial charge in [-0.15, -0.1) is 0 Å². The van der Waals surface area contributed by atoms with Gasteiger partial charge in [0.25, 0.3) is 0 Å². The van der Waals surface area contributed by atoms with Gasteiger partial charge < -0.3 is 19.9 Å². The lowest BCUT2D eigenvalue weighted by atomic mass is 9.94. The molecule has 0 unspecified atom stereocenters. The minimum absolute atomic E-state index is 0.00261. The van der Waals surface area contributed by atoms with Crippen molar-refractivity contribution < 1.29 is 19.4 Å². The molecule has 114 valence electrons. The number of hydrogen-bond acceptors (Lipinski definition) is 4. The summed E-state index contributed by atoms with van der Waals surface area (Å²) in [7, 11) is 0. The molecule has 0 spiro atoms. The smallest absolute Gasteiger partial charge is 0.339 e. The summed E-state index contributed by atoms with van der Waals surface area (Å²) in [4.78, 5) is 11.5. The molecular formula is C16H21NO4. The third-order valence-corrected chi connectivity index (χ3v) is 4.16. The predicted molar refractivity (Wildman–Crippen MR) is 80.4 cm³/mol. The molecule has 1 aromatic carbocycles. The molecule has 2 rings (SSSR count). The van der Waals surface area contributed by atoms with Gasteiger partial charge in [-0.2, -0.15) is 0 Å². The fourth-order valence-corrected chi connectivity index (χ4v) is 2.50. The molecule has 0 saturated carbocycles. The third kappa shape index (κ3) is 2.94. The first-order valence-electron chi connectivity index (χ1n) is 7.16. The maximum Gasteiger partial charge on any atom is 0.339 e. The van der Waals surface area contributed by atoms with E-state index in [1.165, 1.54) is 0 Å². The van der Waals surface area contributed by atoms with Crippen LogP contribution < -0.4 is 5.32 Å². The van der Waals surface area contributed by atoms with Gasteiger partial charge in [0.15, 0.2) is 0 Å². The molecule has 2 aromatic rings. The predicted octanol–water partition coefficient (Wildman–Crippen LogP) is 2.77. The number of furan rings is 1. The fraction of sp³-hybridized carbons (Fsp3) is 0.438. The summed E-state index contributed by atoms with van der Waals surface area (Å²) in [6, 6.07) is 7.09. The molecule has 21 heavy (non-hydrogen) atoms. The number of aliphatic hydroxyl groups excluding tert-OH is 1. The van der Waals surface area contributed by atoms with Crippen LogP contribution in [-0.2, 0) is 6.54 Å². The number of carboxylic acids is 1. The number of carbonyl (C=O) groups is 1. The Hall–Kier alpha value is -1.85. The second-order valence-electron chi connectivity index (χ2n) is 5.20. The van der Waals surface area contributed by atoms with Gasteiger partial charge in [-0.05, 0) is 18.9 Å². The molecule has 1 heterocycles. The Labute approximate surface area is 123 Å². The van der Waals surface area contributed by atoms with Crippen LogP contribution in [0.5, 0.6) is 0 Å². The Morgan fingerprint density at radius 1 is 1.29 bits per heavy atom. The van der Waals surface area contributed by atoms with Gasteiger partial charge in [-0.1, -0.05) is 32.0 Å². The van der Waals surface area contributed by atoms with E-state index < -0.39 is 11.5 Å². The molecular weight excluding hydrogens is 270 g/mol. The van der Waals surface area contributed by atoms with Crippen molar-refractivity contribution in [1.29, 1.82) is 0 Å². The first kappa shape index (κ1) is 15.5. The monoisotopic (exact) mass is 291 g/mol. The van der Waals surface area contributed by atoms with Crippen molar-refractivity contribution in [3.05, 3.63) is 35.6 Å². The van der Waals surface area contributed by atoms with E-state index in [2.05, 4.69) is 5.32 Å². The lowest BCUT2D eigenvalue weighted by Gasteiger charge is -2.30. The van der Waals surface area contributed by atoms with Crippen LogP contribution in [-0.4, -0.2) is 28.3 Å². The summed E-state index contributed by atoms with van der Waals surface area (Å²) in [5.41, 5.74) is 0.348. The SMILES string of the molecule is CCC(CC)(CO)NCc1oc2ccccc2c1C(=O)O. The summed E-state index contributed by atoms with van der Waals surface area (Å²) >= 11 is 0. The van der Waals surface area contributed by atoms with Gasteiger partial charge in [-0.25, -0.2) is 4.79 Å². The number of carboxylic acid groups (broad SMARTS) is 1. The van der Waals surface area contributed by atoms with Crippen molar-refractivity contribution in [2.24, 2.45) is 0 Å². The summed E-state index contributed by atoms with van der Waals surface area (Å²) < 4.78 is 5.66. The van der Waals surface area contributed by atoms with Crippen molar-refractivity contribution in [3.63, 3.8) is 0 Å². The molecule has 0 saturated heterocycles. The largest absolute Gasteiger partial charge is 0.478 e. The fourth-order valence-electron chi connectivity index (χ4n) is 2.50. The second kappa shape index (κ2) is 6.28. The summed E-state index contributed by atoms with van der Waals surface area (Å²) in [6.07, 6.45) is 1.51. The number of fused-ring (bicyclic) bond motifs is 1. The van der Waals surface area contributed by atoms with E-state index >= 15 is 0 Å². The molecule has 0 aliphatic carbocycles. The van der Waals surface area contributed by atoms with Crippen LogP contribution in [0.4, 0.5) is 0 Å². The number of benzene rings is 1. The maximum absolute atomic E-state index is 11.5. The molecule has 0 aliphatic heterocycles. The summed E-state index contributed by atoms with van der Waals surface area (Å²) in [5.74, 6) is -0.609. The topological polar surface area (TPSA) is 82.7 Å². The molecule has 0 fully saturated rings. The standard InChI is InChI=1S/C16H21NO4/c1-3-16(4-2,10-18)17-9-13-14(15(19)20)11-7-5-6-8-12(11)21-13/h5-8,17-18H,3-4,9-10H2,1-2H3,(H,19,20). The summed E-state index contributed by atoms with van der Waals surface area (Å²) in [6.45, 7) is 4.26. The average Bonchev–Trinajstić information content (AvgIpc) is 2.87. The molecule has 0 radical (unpaired) electrons. The first-order chi connectivity index (χ1) is 10.1. The summed E-state index contributed by atoms with van der Waals surface area (Å²) in [5, 5.41) is 22.8. The highest BCUT2D eigenvalue weighted by Gasteiger charge is 2.27. The van der Waals surface area contributed by atoms with Crippen LogP contribution in [0.1, 0.15) is 42.8 Å². The number of aliphatic hydroxyl groups is 1. The third-order valence-electron chi connectivity index (χ3n) is 4.16. The van der Waals surface area contributed by atoms with Crippen molar-refractivity contribution >= 4 is 16.9 Å². The number of hydrogen-bond donors (Lipinski definition) is 3. The van der Waals surface area contributed by atoms with E-state index in [-0.39, 0.29) is 18.7 Å². The van der Waals surface area contributed by atoms with Crippen LogP contribution in [0, 0.1) is 0 Å². The molecule has 0 atom stereocenters. The van der Waals surface area contributed by atoms with Gasteiger partial charge in [-0.3, -0.25) is 0 Å². The normalized spacial score (nSPS) is 12.0. The Morgan fingerprint density at radius 2 is 1.95 bits per heavy atom. The number of rotatable bonds is 7. The van der Waals surface area contributed by atoms with Crippen LogP contribution in [0.2, 0.25) is 0 Å². The Morgan fingerprint density at radius 3 is 2.52 bits per heavy atom. The second-order valence-corrected chi connectivity index (χ2v) is 5.20. The van der Waals surface area contributed by atoms with E-state index in [0.29, 0.717) is 16.7 Å². The molecule has 0 aliphatic rings. The minimum Gasteiger partial charge on any atom is -0.478 e. The average molecular weight is 291 g/mol. The lowest BCUT2D eigenvalue weighted by molar-refractivity contribution is 0.0695. The molecule has 0 amide bonds. The highest BCUT2D eigenvalue weighted by molar-refractivity contribution is 6.03. The Balaban J connectivity index is 2.34. The highest BCUT2D eigenvalue weighted by atomic mass is 16.4. The molecule has 5 nitrogen and oxygen atoms in total. The van der Waals surface area contributed by atoms with Gasteiger partial charge in [0, 0.05) is 10.9 Å². The van der Waals surface area contributed by atoms with Crippen LogP contribution in [0.25, 0.3) is 11.0 Å². The van der Waals surface area contributed by atoms with E-state index in [1.54, 1.807) is 18.2 Å². The number of para-hydroxylation sites is 1. The van der Waals surface area contributed by atoms with E-state index in [4.69, 9.17) is 4.42 Å².